The molecule has 0 radical (unpaired) electrons. The lowest BCUT2D eigenvalue weighted by atomic mass is 10.2. The fourth-order valence-corrected chi connectivity index (χ4v) is 2.10. The zero-order chi connectivity index (χ0) is 17.6. The number of methoxy groups -OCH3 is 1. The lowest BCUT2D eigenvalue weighted by Crippen LogP contribution is -2.39. The smallest absolute Gasteiger partial charge is 0.413 e. The van der Waals surface area contributed by atoms with Crippen LogP contribution in [0.2, 0.25) is 5.15 Å². The van der Waals surface area contributed by atoms with E-state index >= 15 is 0 Å². The molecular weight excluding hydrogens is 326 g/mol. The van der Waals surface area contributed by atoms with Crippen LogP contribution in [0, 0.1) is 6.92 Å². The molecule has 1 atom stereocenters. The number of nitrogens with zero attached hydrogens (tertiary/aromatic N) is 2. The third-order valence-electron chi connectivity index (χ3n) is 3.06. The average molecular weight is 346 g/mol. The average Bonchev–Trinajstić information content (AvgIpc) is 2.78. The molecule has 0 aromatic carbocycles. The van der Waals surface area contributed by atoms with Crippen molar-refractivity contribution in [2.45, 2.75) is 46.3 Å². The van der Waals surface area contributed by atoms with Gasteiger partial charge >= 0.3 is 12.1 Å². The highest BCUT2D eigenvalue weighted by Crippen LogP contribution is 2.21. The number of ether oxygens (including phenoxy) is 2. The highest BCUT2D eigenvalue weighted by atomic mass is 35.5. The SMILES string of the molecule is CCCCn1nc(C)c(C(=O)O[C@@H](C)C(=O)NC(=O)OC)c1Cl. The van der Waals surface area contributed by atoms with Gasteiger partial charge in [-0.2, -0.15) is 5.10 Å². The Balaban J connectivity index is 2.80. The number of hydrogen-bond donors (Lipinski definition) is 1. The second-order valence-electron chi connectivity index (χ2n) is 4.86. The number of imide groups is 1. The Morgan fingerprint density at radius 3 is 2.61 bits per heavy atom. The first-order valence-corrected chi connectivity index (χ1v) is 7.52. The van der Waals surface area contributed by atoms with Gasteiger partial charge in [0.05, 0.1) is 12.8 Å². The number of aryl methyl sites for hydroxylation is 2. The van der Waals surface area contributed by atoms with E-state index in [0.717, 1.165) is 20.0 Å². The zero-order valence-corrected chi connectivity index (χ0v) is 14.3. The summed E-state index contributed by atoms with van der Waals surface area (Å²) in [6.45, 7) is 5.58. The molecule has 0 fully saturated rings. The van der Waals surface area contributed by atoms with Gasteiger partial charge < -0.3 is 9.47 Å². The highest BCUT2D eigenvalue weighted by Gasteiger charge is 2.26. The number of halogens is 1. The van der Waals surface area contributed by atoms with E-state index in [0.29, 0.717) is 12.2 Å². The lowest BCUT2D eigenvalue weighted by molar-refractivity contribution is -0.128. The van der Waals surface area contributed by atoms with Gasteiger partial charge in [-0.1, -0.05) is 24.9 Å². The van der Waals surface area contributed by atoms with Gasteiger partial charge in [0.15, 0.2) is 6.10 Å². The molecule has 0 bridgehead atoms. The minimum Gasteiger partial charge on any atom is -0.453 e. The molecule has 1 N–H and O–H groups in total. The van der Waals surface area contributed by atoms with Gasteiger partial charge in [0.1, 0.15) is 10.7 Å². The molecule has 1 heterocycles. The van der Waals surface area contributed by atoms with Crippen molar-refractivity contribution in [2.24, 2.45) is 0 Å². The molecular formula is C14H20ClN3O5. The topological polar surface area (TPSA) is 99.5 Å². The Bertz CT molecular complexity index is 599. The molecule has 2 amide bonds. The van der Waals surface area contributed by atoms with Crippen molar-refractivity contribution in [3.05, 3.63) is 16.4 Å². The van der Waals surface area contributed by atoms with Crippen LogP contribution in [0.1, 0.15) is 42.7 Å². The molecule has 1 aromatic heterocycles. The Hall–Kier alpha value is -2.09. The number of rotatable bonds is 6. The summed E-state index contributed by atoms with van der Waals surface area (Å²) in [7, 11) is 1.12. The summed E-state index contributed by atoms with van der Waals surface area (Å²) in [5.74, 6) is -1.57. The second kappa shape index (κ2) is 8.52. The van der Waals surface area contributed by atoms with Crippen molar-refractivity contribution in [1.29, 1.82) is 0 Å². The molecule has 0 saturated heterocycles. The third kappa shape index (κ3) is 4.95. The number of unbranched alkanes of at least 4 members (excludes halogenated alkanes) is 1. The normalized spacial score (nSPS) is 11.7. The van der Waals surface area contributed by atoms with Gasteiger partial charge in [-0.15, -0.1) is 0 Å². The first-order valence-electron chi connectivity index (χ1n) is 7.14. The van der Waals surface area contributed by atoms with Crippen LogP contribution in [-0.4, -0.2) is 41.0 Å². The van der Waals surface area contributed by atoms with Crippen LogP contribution in [0.4, 0.5) is 4.79 Å². The standard InChI is InChI=1S/C14H20ClN3O5/c1-5-6-7-18-11(15)10(8(2)17-18)13(20)23-9(3)12(19)16-14(21)22-4/h9H,5-7H2,1-4H3,(H,16,19,21)/t9-/m0/s1. The van der Waals surface area contributed by atoms with Crippen LogP contribution < -0.4 is 5.32 Å². The van der Waals surface area contributed by atoms with E-state index < -0.39 is 24.1 Å². The van der Waals surface area contributed by atoms with E-state index in [-0.39, 0.29) is 10.7 Å². The number of carbonyl (C=O) groups excluding carboxylic acids is 3. The maximum atomic E-state index is 12.2. The van der Waals surface area contributed by atoms with Gasteiger partial charge in [-0.3, -0.25) is 14.8 Å². The van der Waals surface area contributed by atoms with E-state index in [4.69, 9.17) is 16.3 Å². The van der Waals surface area contributed by atoms with Crippen molar-refractivity contribution >= 4 is 29.6 Å². The van der Waals surface area contributed by atoms with E-state index in [9.17, 15) is 14.4 Å². The number of esters is 1. The van der Waals surface area contributed by atoms with Crippen LogP contribution in [-0.2, 0) is 20.8 Å². The Morgan fingerprint density at radius 2 is 2.04 bits per heavy atom. The molecule has 1 aromatic rings. The lowest BCUT2D eigenvalue weighted by Gasteiger charge is -2.12. The van der Waals surface area contributed by atoms with Gasteiger partial charge in [-0.25, -0.2) is 9.59 Å². The predicted molar refractivity (Wildman–Crippen MR) is 82.3 cm³/mol. The van der Waals surface area contributed by atoms with Crippen LogP contribution in [0.15, 0.2) is 0 Å². The minimum atomic E-state index is -1.18. The maximum Gasteiger partial charge on any atom is 0.413 e. The number of amides is 2. The van der Waals surface area contributed by atoms with Crippen molar-refractivity contribution in [3.8, 4) is 0 Å². The second-order valence-corrected chi connectivity index (χ2v) is 5.21. The molecule has 0 spiro atoms. The van der Waals surface area contributed by atoms with Crippen LogP contribution in [0.3, 0.4) is 0 Å². The summed E-state index contributed by atoms with van der Waals surface area (Å²) in [5.41, 5.74) is 0.525. The Kier molecular flexibility index (Phi) is 7.02. The zero-order valence-electron chi connectivity index (χ0n) is 13.5. The quantitative estimate of drug-likeness (QED) is 0.792. The summed E-state index contributed by atoms with van der Waals surface area (Å²) in [4.78, 5) is 34.8. The van der Waals surface area contributed by atoms with E-state index in [1.54, 1.807) is 6.92 Å². The van der Waals surface area contributed by atoms with E-state index in [2.05, 4.69) is 9.84 Å². The molecule has 0 unspecified atom stereocenters. The van der Waals surface area contributed by atoms with Gasteiger partial charge in [0.25, 0.3) is 5.91 Å². The molecule has 0 saturated carbocycles. The van der Waals surface area contributed by atoms with Crippen LogP contribution >= 0.6 is 11.6 Å². The molecule has 0 aliphatic rings. The van der Waals surface area contributed by atoms with E-state index in [1.165, 1.54) is 11.6 Å². The maximum absolute atomic E-state index is 12.2. The molecule has 23 heavy (non-hydrogen) atoms. The summed E-state index contributed by atoms with van der Waals surface area (Å²) in [6, 6.07) is 0. The Labute approximate surface area is 139 Å². The number of carbonyl (C=O) groups is 3. The molecule has 1 rings (SSSR count). The van der Waals surface area contributed by atoms with Crippen molar-refractivity contribution in [1.82, 2.24) is 15.1 Å². The minimum absolute atomic E-state index is 0.112. The number of alkyl carbamates (subject to hydrolysis) is 1. The van der Waals surface area contributed by atoms with Gasteiger partial charge in [0.2, 0.25) is 0 Å². The molecule has 0 aliphatic heterocycles. The van der Waals surface area contributed by atoms with Crippen molar-refractivity contribution in [2.75, 3.05) is 7.11 Å². The number of nitrogens with one attached hydrogen (secondary N) is 1. The number of aromatic nitrogens is 2. The van der Waals surface area contributed by atoms with Gasteiger partial charge in [-0.05, 0) is 20.3 Å². The Morgan fingerprint density at radius 1 is 1.39 bits per heavy atom. The molecule has 0 aliphatic carbocycles. The first-order chi connectivity index (χ1) is 10.8. The largest absolute Gasteiger partial charge is 0.453 e. The monoisotopic (exact) mass is 345 g/mol. The van der Waals surface area contributed by atoms with Crippen LogP contribution in [0.25, 0.3) is 0 Å². The van der Waals surface area contributed by atoms with Crippen LogP contribution in [0.5, 0.6) is 0 Å². The summed E-state index contributed by atoms with van der Waals surface area (Å²) < 4.78 is 10.8. The third-order valence-corrected chi connectivity index (χ3v) is 3.44. The summed E-state index contributed by atoms with van der Waals surface area (Å²) in [5, 5.41) is 6.28. The summed E-state index contributed by atoms with van der Waals surface area (Å²) in [6.07, 6.45) is -0.289. The molecule has 8 nitrogen and oxygen atoms in total. The predicted octanol–water partition coefficient (Wildman–Crippen LogP) is 2.07. The fourth-order valence-electron chi connectivity index (χ4n) is 1.77. The molecule has 128 valence electrons. The number of hydrogen-bond acceptors (Lipinski definition) is 6. The first kappa shape index (κ1) is 19.0. The fraction of sp³-hybridized carbons (Fsp3) is 0.571. The van der Waals surface area contributed by atoms with E-state index in [1.807, 2.05) is 12.2 Å². The van der Waals surface area contributed by atoms with Crippen molar-refractivity contribution < 1.29 is 23.9 Å². The highest BCUT2D eigenvalue weighted by molar-refractivity contribution is 6.32. The van der Waals surface area contributed by atoms with Crippen molar-refractivity contribution in [3.63, 3.8) is 0 Å². The van der Waals surface area contributed by atoms with Gasteiger partial charge in [0, 0.05) is 6.54 Å². The summed E-state index contributed by atoms with van der Waals surface area (Å²) >= 11 is 6.15. The molecule has 9 heteroatoms.